The number of methoxy groups -OCH3 is 2. The van der Waals surface area contributed by atoms with Gasteiger partial charge in [-0.25, -0.2) is 4.57 Å². The van der Waals surface area contributed by atoms with Crippen molar-refractivity contribution in [3.05, 3.63) is 42.6 Å². The van der Waals surface area contributed by atoms with E-state index in [0.717, 1.165) is 11.5 Å². The van der Waals surface area contributed by atoms with Crippen LogP contribution in [-0.4, -0.2) is 14.2 Å². The summed E-state index contributed by atoms with van der Waals surface area (Å²) in [7, 11) is 5.43. The molecule has 1 heterocycles. The summed E-state index contributed by atoms with van der Waals surface area (Å²) >= 11 is 0. The largest absolute Gasteiger partial charge is 0.497 e. The van der Waals surface area contributed by atoms with Crippen LogP contribution in [0.5, 0.6) is 11.5 Å². The Bertz CT molecular complexity index is 765. The van der Waals surface area contributed by atoms with E-state index in [1.54, 1.807) is 14.2 Å². The van der Waals surface area contributed by atoms with Gasteiger partial charge < -0.3 is 9.47 Å². The van der Waals surface area contributed by atoms with Crippen LogP contribution in [-0.2, 0) is 7.05 Å². The number of aromatic nitrogens is 1. The number of fused-ring (bicyclic) bond motifs is 3. The zero-order valence-corrected chi connectivity index (χ0v) is 11.3. The van der Waals surface area contributed by atoms with Crippen molar-refractivity contribution in [2.45, 2.75) is 0 Å². The fraction of sp³-hybridized carbons (Fsp3) is 0.188. The Hall–Kier alpha value is -2.29. The zero-order chi connectivity index (χ0) is 13.4. The predicted molar refractivity (Wildman–Crippen MR) is 75.7 cm³/mol. The average Bonchev–Trinajstić information content (AvgIpc) is 2.46. The molecule has 0 saturated heterocycles. The molecule has 19 heavy (non-hydrogen) atoms. The summed E-state index contributed by atoms with van der Waals surface area (Å²) in [6, 6.07) is 12.2. The average molecular weight is 254 g/mol. The summed E-state index contributed by atoms with van der Waals surface area (Å²) in [4.78, 5) is 0. The Morgan fingerprint density at radius 3 is 2.16 bits per heavy atom. The van der Waals surface area contributed by atoms with Crippen LogP contribution in [0.1, 0.15) is 0 Å². The SMILES string of the molecule is COc1ccc2c[n+](C)c3ccc(OC)cc3c2c1. The Kier molecular flexibility index (Phi) is 2.75. The molecule has 0 atom stereocenters. The molecule has 3 heteroatoms. The summed E-state index contributed by atoms with van der Waals surface area (Å²) in [6.07, 6.45) is 2.13. The van der Waals surface area contributed by atoms with Crippen molar-refractivity contribution in [1.29, 1.82) is 0 Å². The molecule has 0 fully saturated rings. The van der Waals surface area contributed by atoms with E-state index in [0.29, 0.717) is 0 Å². The van der Waals surface area contributed by atoms with Crippen molar-refractivity contribution in [3.8, 4) is 11.5 Å². The number of hydrogen-bond acceptors (Lipinski definition) is 2. The van der Waals surface area contributed by atoms with E-state index in [9.17, 15) is 0 Å². The lowest BCUT2D eigenvalue weighted by Gasteiger charge is -2.06. The topological polar surface area (TPSA) is 22.3 Å². The van der Waals surface area contributed by atoms with Gasteiger partial charge in [0.15, 0.2) is 6.20 Å². The predicted octanol–water partition coefficient (Wildman–Crippen LogP) is 2.83. The first-order valence-electron chi connectivity index (χ1n) is 6.17. The Morgan fingerprint density at radius 2 is 1.47 bits per heavy atom. The van der Waals surface area contributed by atoms with Crippen LogP contribution in [0, 0.1) is 0 Å². The van der Waals surface area contributed by atoms with Gasteiger partial charge in [-0.05, 0) is 30.3 Å². The second-order valence-corrected chi connectivity index (χ2v) is 4.58. The summed E-state index contributed by atoms with van der Waals surface area (Å²) < 4.78 is 12.8. The fourth-order valence-corrected chi connectivity index (χ4v) is 2.45. The molecule has 0 unspecified atom stereocenters. The van der Waals surface area contributed by atoms with Crippen LogP contribution in [0.3, 0.4) is 0 Å². The van der Waals surface area contributed by atoms with Gasteiger partial charge in [0.1, 0.15) is 18.5 Å². The number of rotatable bonds is 2. The molecular weight excluding hydrogens is 238 g/mol. The minimum Gasteiger partial charge on any atom is -0.497 e. The van der Waals surface area contributed by atoms with Crippen molar-refractivity contribution >= 4 is 21.7 Å². The van der Waals surface area contributed by atoms with Gasteiger partial charge in [0.2, 0.25) is 5.52 Å². The highest BCUT2D eigenvalue weighted by molar-refractivity contribution is 6.04. The van der Waals surface area contributed by atoms with E-state index in [4.69, 9.17) is 9.47 Å². The number of pyridine rings is 1. The summed E-state index contributed by atoms with van der Waals surface area (Å²) in [6.45, 7) is 0. The highest BCUT2D eigenvalue weighted by Gasteiger charge is 2.12. The number of nitrogens with zero attached hydrogens (tertiary/aromatic N) is 1. The minimum absolute atomic E-state index is 0.864. The first kappa shape index (κ1) is 11.8. The van der Waals surface area contributed by atoms with Crippen molar-refractivity contribution in [3.63, 3.8) is 0 Å². The van der Waals surface area contributed by atoms with Crippen molar-refractivity contribution in [2.75, 3.05) is 14.2 Å². The molecule has 3 rings (SSSR count). The number of benzene rings is 2. The summed E-state index contributed by atoms with van der Waals surface area (Å²) in [5.41, 5.74) is 1.17. The molecule has 0 aliphatic carbocycles. The monoisotopic (exact) mass is 254 g/mol. The Balaban J connectivity index is 2.46. The molecule has 96 valence electrons. The van der Waals surface area contributed by atoms with Crippen LogP contribution >= 0.6 is 0 Å². The van der Waals surface area contributed by atoms with E-state index < -0.39 is 0 Å². The third kappa shape index (κ3) is 1.87. The molecule has 0 aliphatic heterocycles. The van der Waals surface area contributed by atoms with Crippen LogP contribution in [0.4, 0.5) is 0 Å². The Labute approximate surface area is 112 Å². The molecule has 0 N–H and O–H groups in total. The van der Waals surface area contributed by atoms with E-state index >= 15 is 0 Å². The van der Waals surface area contributed by atoms with E-state index in [1.807, 2.05) is 12.1 Å². The maximum atomic E-state index is 5.33. The maximum absolute atomic E-state index is 5.33. The molecule has 1 aromatic heterocycles. The van der Waals surface area contributed by atoms with Crippen molar-refractivity contribution in [1.82, 2.24) is 0 Å². The van der Waals surface area contributed by atoms with Gasteiger partial charge in [-0.15, -0.1) is 0 Å². The van der Waals surface area contributed by atoms with Gasteiger partial charge in [-0.3, -0.25) is 0 Å². The molecule has 0 amide bonds. The molecule has 3 nitrogen and oxygen atoms in total. The lowest BCUT2D eigenvalue weighted by Crippen LogP contribution is -2.28. The van der Waals surface area contributed by atoms with Crippen LogP contribution in [0.25, 0.3) is 21.7 Å². The maximum Gasteiger partial charge on any atom is 0.213 e. The number of aryl methyl sites for hydroxylation is 1. The molecule has 0 radical (unpaired) electrons. The summed E-state index contributed by atoms with van der Waals surface area (Å²) in [5, 5.41) is 3.52. The molecule has 0 aliphatic rings. The van der Waals surface area contributed by atoms with Gasteiger partial charge in [-0.1, -0.05) is 0 Å². The first-order chi connectivity index (χ1) is 9.22. The zero-order valence-electron chi connectivity index (χ0n) is 11.3. The quantitative estimate of drug-likeness (QED) is 0.518. The minimum atomic E-state index is 0.864. The van der Waals surface area contributed by atoms with Gasteiger partial charge >= 0.3 is 0 Å². The lowest BCUT2D eigenvalue weighted by molar-refractivity contribution is -0.643. The molecule has 0 saturated carbocycles. The van der Waals surface area contributed by atoms with Gasteiger partial charge in [0.05, 0.1) is 19.6 Å². The van der Waals surface area contributed by atoms with E-state index in [1.165, 1.54) is 21.7 Å². The van der Waals surface area contributed by atoms with Crippen LogP contribution in [0.15, 0.2) is 42.6 Å². The van der Waals surface area contributed by atoms with Gasteiger partial charge in [0, 0.05) is 16.8 Å². The van der Waals surface area contributed by atoms with Gasteiger partial charge in [0.25, 0.3) is 0 Å². The first-order valence-corrected chi connectivity index (χ1v) is 6.17. The smallest absolute Gasteiger partial charge is 0.213 e. The standard InChI is InChI=1S/C16H16NO2/c1-17-10-11-4-5-12(18-2)8-14(11)15-9-13(19-3)6-7-16(15)17/h4-10H,1-3H3/q+1. The van der Waals surface area contributed by atoms with E-state index in [-0.39, 0.29) is 0 Å². The molecular formula is C16H16NO2+. The number of hydrogen-bond donors (Lipinski definition) is 0. The van der Waals surface area contributed by atoms with Gasteiger partial charge in [-0.2, -0.15) is 0 Å². The normalized spacial score (nSPS) is 10.9. The van der Waals surface area contributed by atoms with E-state index in [2.05, 4.69) is 42.1 Å². The molecule has 0 bridgehead atoms. The molecule has 0 spiro atoms. The van der Waals surface area contributed by atoms with Crippen molar-refractivity contribution in [2.24, 2.45) is 7.05 Å². The highest BCUT2D eigenvalue weighted by atomic mass is 16.5. The summed E-state index contributed by atoms with van der Waals surface area (Å²) in [5.74, 6) is 1.73. The fourth-order valence-electron chi connectivity index (χ4n) is 2.45. The third-order valence-electron chi connectivity index (χ3n) is 3.47. The van der Waals surface area contributed by atoms with Crippen LogP contribution < -0.4 is 14.0 Å². The molecule has 3 aromatic rings. The highest BCUT2D eigenvalue weighted by Crippen LogP contribution is 2.28. The number of ether oxygens (including phenoxy) is 2. The lowest BCUT2D eigenvalue weighted by atomic mass is 10.1. The van der Waals surface area contributed by atoms with Crippen molar-refractivity contribution < 1.29 is 14.0 Å². The van der Waals surface area contributed by atoms with Crippen LogP contribution in [0.2, 0.25) is 0 Å². The Morgan fingerprint density at radius 1 is 0.842 bits per heavy atom. The second-order valence-electron chi connectivity index (χ2n) is 4.58. The molecule has 2 aromatic carbocycles. The second kappa shape index (κ2) is 4.43. The third-order valence-corrected chi connectivity index (χ3v) is 3.47.